The summed E-state index contributed by atoms with van der Waals surface area (Å²) in [7, 11) is 2.70. The van der Waals surface area contributed by atoms with E-state index in [1.807, 2.05) is 27.7 Å². The molecule has 0 radical (unpaired) electrons. The van der Waals surface area contributed by atoms with Crippen molar-refractivity contribution < 1.29 is 92.6 Å². The Hall–Kier alpha value is -5.80. The minimum atomic E-state index is -1.35. The Morgan fingerprint density at radius 1 is 0.464 bits per heavy atom. The Morgan fingerprint density at radius 3 is 1.10 bits per heavy atom. The van der Waals surface area contributed by atoms with Crippen LogP contribution in [0.5, 0.6) is 0 Å². The summed E-state index contributed by atoms with van der Waals surface area (Å²) in [6.45, 7) is 16.3. The van der Waals surface area contributed by atoms with Crippen LogP contribution in [0.25, 0.3) is 0 Å². The Kier molecular flexibility index (Phi) is 26.6. The number of carboxylic acids is 6. The van der Waals surface area contributed by atoms with Gasteiger partial charge in [-0.3, -0.25) is 0 Å². The molecule has 19 heteroatoms. The minimum Gasteiger partial charge on any atom is -0.478 e. The van der Waals surface area contributed by atoms with Crippen molar-refractivity contribution in [2.45, 2.75) is 130 Å². The van der Waals surface area contributed by atoms with Gasteiger partial charge in [-0.05, 0) is 70.2 Å². The second-order valence-electron chi connectivity index (χ2n) is 15.8. The molecule has 3 rings (SSSR count). The van der Waals surface area contributed by atoms with Crippen molar-refractivity contribution in [1.82, 2.24) is 0 Å². The summed E-state index contributed by atoms with van der Waals surface area (Å²) in [5, 5.41) is 55.8. The molecule has 0 aromatic heterocycles. The molecule has 1 unspecified atom stereocenters. The molecule has 0 aliphatic heterocycles. The highest BCUT2D eigenvalue weighted by molar-refractivity contribution is 6.04. The van der Waals surface area contributed by atoms with Crippen molar-refractivity contribution in [2.75, 3.05) is 40.6 Å². The predicted octanol–water partition coefficient (Wildman–Crippen LogP) is 9.91. The zero-order valence-corrected chi connectivity index (χ0v) is 41.2. The van der Waals surface area contributed by atoms with Crippen LogP contribution < -0.4 is 0 Å². The molecule has 3 aromatic rings. The largest absolute Gasteiger partial charge is 0.478 e. The van der Waals surface area contributed by atoms with Gasteiger partial charge >= 0.3 is 35.8 Å². The summed E-state index contributed by atoms with van der Waals surface area (Å²) in [5.74, 6) is -11.9. The summed E-state index contributed by atoms with van der Waals surface area (Å²) < 4.78 is 39.4. The average Bonchev–Trinajstić information content (AvgIpc) is 3.31. The van der Waals surface area contributed by atoms with Crippen LogP contribution in [-0.4, -0.2) is 113 Å². The van der Waals surface area contributed by atoms with Crippen LogP contribution in [0.1, 0.15) is 192 Å². The van der Waals surface area contributed by atoms with Crippen molar-refractivity contribution in [3.8, 4) is 0 Å². The van der Waals surface area contributed by atoms with E-state index in [9.17, 15) is 54.3 Å². The van der Waals surface area contributed by atoms with Crippen LogP contribution in [-0.2, 0) is 44.7 Å². The number of ether oxygens (including phenoxy) is 7. The van der Waals surface area contributed by atoms with Gasteiger partial charge in [0, 0.05) is 32.3 Å². The third kappa shape index (κ3) is 18.2. The first-order valence-corrected chi connectivity index (χ1v) is 22.6. The second-order valence-corrected chi connectivity index (χ2v) is 15.8. The minimum absolute atomic E-state index is 0.153. The highest BCUT2D eigenvalue weighted by Crippen LogP contribution is 2.34. The Labute approximate surface area is 403 Å². The first kappa shape index (κ1) is 61.2. The fourth-order valence-electron chi connectivity index (χ4n) is 6.63. The van der Waals surface area contributed by atoms with Crippen molar-refractivity contribution in [2.24, 2.45) is 0 Å². The molecular weight excluding hydrogens is 905 g/mol. The molecule has 3 aromatic carbocycles. The Bertz CT molecular complexity index is 2120. The van der Waals surface area contributed by atoms with Crippen molar-refractivity contribution in [1.29, 1.82) is 0 Å². The Balaban J connectivity index is 0.000000528. The first-order valence-electron chi connectivity index (χ1n) is 22.6. The molecule has 0 bridgehead atoms. The lowest BCUT2D eigenvalue weighted by Gasteiger charge is -2.33. The van der Waals surface area contributed by atoms with E-state index in [2.05, 4.69) is 0 Å². The monoisotopic (exact) mass is 974 g/mol. The van der Waals surface area contributed by atoms with Crippen molar-refractivity contribution in [3.63, 3.8) is 0 Å². The normalized spacial score (nSPS) is 11.9. The van der Waals surface area contributed by atoms with Crippen molar-refractivity contribution in [3.05, 3.63) is 105 Å². The summed E-state index contributed by atoms with van der Waals surface area (Å²) in [5.41, 5.74) is -1.15. The van der Waals surface area contributed by atoms with Gasteiger partial charge in [-0.1, -0.05) is 89.8 Å². The van der Waals surface area contributed by atoms with Gasteiger partial charge in [-0.25, -0.2) is 28.8 Å². The van der Waals surface area contributed by atoms with E-state index in [1.54, 1.807) is 32.9 Å². The van der Waals surface area contributed by atoms with E-state index in [1.165, 1.54) is 63.6 Å². The zero-order valence-electron chi connectivity index (χ0n) is 41.2. The van der Waals surface area contributed by atoms with Gasteiger partial charge in [0.1, 0.15) is 0 Å². The number of methoxy groups -OCH3 is 2. The third-order valence-electron chi connectivity index (χ3n) is 10.6. The smallest absolute Gasteiger partial charge is 0.337 e. The SMILES string of the molecule is CCCCOC(C)(OCCCC)OC(C)c1cccc(C(=O)O)c1C(=O)O.CCCCOC(C)(OCCCC)c1cccc(C(=O)O)c1C(=O)O.COC(C)(OC)c1cccc(C(=O)O)c1C(=O)O. The molecule has 0 heterocycles. The van der Waals surface area contributed by atoms with Crippen LogP contribution in [0.2, 0.25) is 0 Å². The summed E-state index contributed by atoms with van der Waals surface area (Å²) in [4.78, 5) is 68.4. The number of hydrogen-bond donors (Lipinski definition) is 6. The molecule has 0 fully saturated rings. The van der Waals surface area contributed by atoms with E-state index in [0.29, 0.717) is 26.4 Å². The lowest BCUT2D eigenvalue weighted by molar-refractivity contribution is -0.384. The number of rotatable bonds is 29. The van der Waals surface area contributed by atoms with E-state index in [0.717, 1.165) is 51.4 Å². The van der Waals surface area contributed by atoms with Crippen LogP contribution >= 0.6 is 0 Å². The molecule has 0 aliphatic rings. The number of hydrogen-bond acceptors (Lipinski definition) is 13. The van der Waals surface area contributed by atoms with Gasteiger partial charge < -0.3 is 63.8 Å². The molecule has 6 N–H and O–H groups in total. The Morgan fingerprint density at radius 2 is 0.783 bits per heavy atom. The second kappa shape index (κ2) is 29.9. The molecule has 0 aliphatic carbocycles. The highest BCUT2D eigenvalue weighted by atomic mass is 16.9. The van der Waals surface area contributed by atoms with Crippen LogP contribution in [0, 0.1) is 0 Å². The standard InChI is InChI=1S/C20H30O7.C18H26O6.C12H14O6/c1-5-7-12-25-20(4,26-13-8-6-2)27-14(3)15-10-9-11-16(18(21)22)17(15)19(23)24;1-4-6-11-23-18(3,24-12-7-5-2)14-10-8-9-13(16(19)20)15(14)17(21)22;1-12(17-2,18-3)8-6-4-5-7(10(13)14)9(8)11(15)16/h9-11,14H,5-8,12-13H2,1-4H3,(H,21,22)(H,23,24);8-10H,4-7,11-12H2,1-3H3,(H,19,20)(H,21,22);4-6H,1-3H3,(H,13,14)(H,15,16). The van der Waals surface area contributed by atoms with E-state index < -0.39 is 59.5 Å². The number of carboxylic acid groups (broad SMARTS) is 6. The number of benzene rings is 3. The molecule has 0 saturated heterocycles. The molecule has 0 amide bonds. The topological polar surface area (TPSA) is 288 Å². The molecule has 0 spiro atoms. The average molecular weight is 975 g/mol. The quantitative estimate of drug-likeness (QED) is 0.0278. The van der Waals surface area contributed by atoms with Gasteiger partial charge in [0.25, 0.3) is 5.97 Å². The molecule has 69 heavy (non-hydrogen) atoms. The van der Waals surface area contributed by atoms with Gasteiger partial charge in [0.15, 0.2) is 11.6 Å². The van der Waals surface area contributed by atoms with E-state index >= 15 is 0 Å². The van der Waals surface area contributed by atoms with Crippen LogP contribution in [0.4, 0.5) is 0 Å². The fraction of sp³-hybridized carbons (Fsp3) is 0.520. The third-order valence-corrected chi connectivity index (χ3v) is 10.6. The van der Waals surface area contributed by atoms with Crippen LogP contribution in [0.15, 0.2) is 54.6 Å². The molecular formula is C50H70O19. The van der Waals surface area contributed by atoms with E-state index in [-0.39, 0.29) is 50.1 Å². The first-order chi connectivity index (χ1) is 32.5. The highest BCUT2D eigenvalue weighted by Gasteiger charge is 2.37. The molecule has 0 saturated carbocycles. The van der Waals surface area contributed by atoms with Gasteiger partial charge in [-0.2, -0.15) is 0 Å². The lowest BCUT2D eigenvalue weighted by Crippen LogP contribution is -2.37. The number of unbranched alkanes of at least 4 members (excludes halogenated alkanes) is 4. The van der Waals surface area contributed by atoms with Gasteiger partial charge in [0.05, 0.1) is 65.9 Å². The van der Waals surface area contributed by atoms with Gasteiger partial charge in [0.2, 0.25) is 0 Å². The number of carbonyl (C=O) groups is 6. The molecule has 1 atom stereocenters. The molecule has 19 nitrogen and oxygen atoms in total. The predicted molar refractivity (Wildman–Crippen MR) is 251 cm³/mol. The summed E-state index contributed by atoms with van der Waals surface area (Å²) >= 11 is 0. The van der Waals surface area contributed by atoms with E-state index in [4.69, 9.17) is 38.3 Å². The van der Waals surface area contributed by atoms with Crippen LogP contribution in [0.3, 0.4) is 0 Å². The molecule has 384 valence electrons. The maximum atomic E-state index is 11.7. The maximum Gasteiger partial charge on any atom is 0.337 e. The number of aromatic carboxylic acids is 6. The zero-order chi connectivity index (χ0) is 52.5. The van der Waals surface area contributed by atoms with Crippen molar-refractivity contribution >= 4 is 35.8 Å². The summed E-state index contributed by atoms with van der Waals surface area (Å²) in [6, 6.07) is 12.8. The lowest BCUT2D eigenvalue weighted by atomic mass is 9.95. The maximum absolute atomic E-state index is 11.7. The summed E-state index contributed by atoms with van der Waals surface area (Å²) in [6.07, 6.45) is 6.26. The fourth-order valence-corrected chi connectivity index (χ4v) is 6.63. The van der Waals surface area contributed by atoms with Gasteiger partial charge in [-0.15, -0.1) is 0 Å².